The van der Waals surface area contributed by atoms with Crippen LogP contribution in [0.5, 0.6) is 0 Å². The maximum absolute atomic E-state index is 4.96. The van der Waals surface area contributed by atoms with Gasteiger partial charge in [0.05, 0.1) is 5.69 Å². The highest BCUT2D eigenvalue weighted by Gasteiger charge is 2.33. The van der Waals surface area contributed by atoms with Crippen molar-refractivity contribution in [2.75, 3.05) is 38.6 Å². The molecule has 120 valence electrons. The van der Waals surface area contributed by atoms with Crippen LogP contribution in [0.15, 0.2) is 0 Å². The first kappa shape index (κ1) is 16.7. The summed E-state index contributed by atoms with van der Waals surface area (Å²) in [6.07, 6.45) is 0. The zero-order valence-electron chi connectivity index (χ0n) is 14.3. The van der Waals surface area contributed by atoms with Crippen LogP contribution in [0.1, 0.15) is 44.2 Å². The largest absolute Gasteiger partial charge is 0.346 e. The van der Waals surface area contributed by atoms with Crippen molar-refractivity contribution in [1.82, 2.24) is 15.2 Å². The first-order valence-corrected chi connectivity index (χ1v) is 8.87. The van der Waals surface area contributed by atoms with E-state index in [1.54, 1.807) is 0 Å². The zero-order valence-corrected chi connectivity index (χ0v) is 15.1. The SMILES string of the molecule is CCNCc1sc(N2CC(C)C(N(C)C)C2)nc1C(C)C. The van der Waals surface area contributed by atoms with E-state index in [-0.39, 0.29) is 0 Å². The van der Waals surface area contributed by atoms with Crippen LogP contribution in [-0.4, -0.2) is 49.7 Å². The fourth-order valence-corrected chi connectivity index (χ4v) is 4.28. The van der Waals surface area contributed by atoms with E-state index >= 15 is 0 Å². The fraction of sp³-hybridized carbons (Fsp3) is 0.812. The van der Waals surface area contributed by atoms with Gasteiger partial charge in [-0.3, -0.25) is 0 Å². The first-order valence-electron chi connectivity index (χ1n) is 8.05. The molecular weight excluding hydrogens is 280 g/mol. The van der Waals surface area contributed by atoms with Crippen molar-refractivity contribution in [2.45, 2.75) is 46.2 Å². The summed E-state index contributed by atoms with van der Waals surface area (Å²) in [5.74, 6) is 1.19. The van der Waals surface area contributed by atoms with Crippen LogP contribution < -0.4 is 10.2 Å². The van der Waals surface area contributed by atoms with Gasteiger partial charge < -0.3 is 15.1 Å². The van der Waals surface area contributed by atoms with Crippen molar-refractivity contribution in [3.05, 3.63) is 10.6 Å². The van der Waals surface area contributed by atoms with Crippen molar-refractivity contribution in [3.63, 3.8) is 0 Å². The minimum Gasteiger partial charge on any atom is -0.346 e. The van der Waals surface area contributed by atoms with E-state index < -0.39 is 0 Å². The number of thiazole rings is 1. The molecule has 0 bridgehead atoms. The highest BCUT2D eigenvalue weighted by molar-refractivity contribution is 7.15. The van der Waals surface area contributed by atoms with E-state index in [4.69, 9.17) is 4.98 Å². The van der Waals surface area contributed by atoms with Gasteiger partial charge in [0.25, 0.3) is 0 Å². The Morgan fingerprint density at radius 3 is 2.62 bits per heavy atom. The van der Waals surface area contributed by atoms with Gasteiger partial charge in [0.15, 0.2) is 5.13 Å². The van der Waals surface area contributed by atoms with Gasteiger partial charge in [-0.2, -0.15) is 0 Å². The average molecular weight is 311 g/mol. The maximum Gasteiger partial charge on any atom is 0.185 e. The molecule has 2 atom stereocenters. The molecule has 1 aliphatic heterocycles. The van der Waals surface area contributed by atoms with Crippen LogP contribution in [0.25, 0.3) is 0 Å². The van der Waals surface area contributed by atoms with Gasteiger partial charge in [-0.15, -0.1) is 11.3 Å². The third-order valence-electron chi connectivity index (χ3n) is 4.31. The van der Waals surface area contributed by atoms with Gasteiger partial charge in [0.2, 0.25) is 0 Å². The van der Waals surface area contributed by atoms with Gasteiger partial charge >= 0.3 is 0 Å². The van der Waals surface area contributed by atoms with Gasteiger partial charge in [-0.1, -0.05) is 27.7 Å². The van der Waals surface area contributed by atoms with Crippen molar-refractivity contribution >= 4 is 16.5 Å². The Morgan fingerprint density at radius 2 is 2.10 bits per heavy atom. The van der Waals surface area contributed by atoms with Gasteiger partial charge in [0, 0.05) is 30.6 Å². The van der Waals surface area contributed by atoms with E-state index in [1.165, 1.54) is 15.7 Å². The highest BCUT2D eigenvalue weighted by Crippen LogP contribution is 2.34. The van der Waals surface area contributed by atoms with E-state index in [0.29, 0.717) is 17.9 Å². The lowest BCUT2D eigenvalue weighted by molar-refractivity contribution is 0.266. The molecule has 0 amide bonds. The first-order chi connectivity index (χ1) is 9.93. The number of anilines is 1. The van der Waals surface area contributed by atoms with Crippen LogP contribution in [0, 0.1) is 5.92 Å². The van der Waals surface area contributed by atoms with E-state index in [9.17, 15) is 0 Å². The summed E-state index contributed by atoms with van der Waals surface area (Å²) in [6.45, 7) is 13.2. The number of nitrogens with one attached hydrogen (secondary N) is 1. The normalized spacial score (nSPS) is 22.8. The zero-order chi connectivity index (χ0) is 15.6. The Hall–Kier alpha value is -0.650. The Morgan fingerprint density at radius 1 is 1.38 bits per heavy atom. The van der Waals surface area contributed by atoms with Crippen molar-refractivity contribution < 1.29 is 0 Å². The molecule has 0 spiro atoms. The second-order valence-corrected chi connectivity index (χ2v) is 7.72. The molecule has 1 saturated heterocycles. The molecule has 1 N–H and O–H groups in total. The van der Waals surface area contributed by atoms with Gasteiger partial charge in [-0.05, 0) is 32.5 Å². The monoisotopic (exact) mass is 310 g/mol. The summed E-state index contributed by atoms with van der Waals surface area (Å²) < 4.78 is 0. The Bertz CT molecular complexity index is 455. The predicted molar refractivity (Wildman–Crippen MR) is 92.4 cm³/mol. The molecule has 5 heteroatoms. The van der Waals surface area contributed by atoms with E-state index in [0.717, 1.165) is 26.2 Å². The van der Waals surface area contributed by atoms with E-state index in [1.807, 2.05) is 11.3 Å². The summed E-state index contributed by atoms with van der Waals surface area (Å²) in [5, 5.41) is 4.65. The van der Waals surface area contributed by atoms with Crippen LogP contribution >= 0.6 is 11.3 Å². The molecule has 2 unspecified atom stereocenters. The summed E-state index contributed by atoms with van der Waals surface area (Å²) in [6, 6.07) is 0.633. The number of rotatable bonds is 6. The molecule has 1 aromatic heterocycles. The van der Waals surface area contributed by atoms with Crippen LogP contribution in [0.4, 0.5) is 5.13 Å². The predicted octanol–water partition coefficient (Wildman–Crippen LogP) is 2.76. The minimum atomic E-state index is 0.494. The summed E-state index contributed by atoms with van der Waals surface area (Å²) >= 11 is 1.87. The maximum atomic E-state index is 4.96. The molecular formula is C16H30N4S. The lowest BCUT2D eigenvalue weighted by atomic mass is 10.1. The van der Waals surface area contributed by atoms with Crippen molar-refractivity contribution in [1.29, 1.82) is 0 Å². The third-order valence-corrected chi connectivity index (χ3v) is 5.44. The average Bonchev–Trinajstić information content (AvgIpc) is 2.99. The van der Waals surface area contributed by atoms with Crippen molar-refractivity contribution in [3.8, 4) is 0 Å². The lowest BCUT2D eigenvalue weighted by Gasteiger charge is -2.22. The molecule has 1 fully saturated rings. The number of hydrogen-bond donors (Lipinski definition) is 1. The second kappa shape index (κ2) is 7.07. The molecule has 1 aromatic rings. The summed E-state index contributed by atoms with van der Waals surface area (Å²) in [5.41, 5.74) is 1.27. The van der Waals surface area contributed by atoms with Crippen LogP contribution in [-0.2, 0) is 6.54 Å². The van der Waals surface area contributed by atoms with E-state index in [2.05, 4.69) is 56.9 Å². The number of likely N-dealkylation sites (N-methyl/N-ethyl adjacent to an activating group) is 1. The standard InChI is InChI=1S/C16H30N4S/c1-7-17-8-14-15(11(2)3)18-16(21-14)20-9-12(4)13(10-20)19(5)6/h11-13,17H,7-10H2,1-6H3. The number of nitrogens with zero attached hydrogens (tertiary/aromatic N) is 3. The Labute approximate surface area is 133 Å². The fourth-order valence-electron chi connectivity index (χ4n) is 3.08. The van der Waals surface area contributed by atoms with Gasteiger partial charge in [-0.25, -0.2) is 4.98 Å². The Balaban J connectivity index is 2.17. The smallest absolute Gasteiger partial charge is 0.185 e. The number of aromatic nitrogens is 1. The Kier molecular flexibility index (Phi) is 5.63. The van der Waals surface area contributed by atoms with Crippen LogP contribution in [0.3, 0.4) is 0 Å². The molecule has 2 rings (SSSR count). The molecule has 0 aliphatic carbocycles. The minimum absolute atomic E-state index is 0.494. The molecule has 0 saturated carbocycles. The number of hydrogen-bond acceptors (Lipinski definition) is 5. The molecule has 1 aliphatic rings. The second-order valence-electron chi connectivity index (χ2n) is 6.65. The summed E-state index contributed by atoms with van der Waals surface area (Å²) in [7, 11) is 4.37. The molecule has 0 radical (unpaired) electrons. The van der Waals surface area contributed by atoms with Crippen LogP contribution in [0.2, 0.25) is 0 Å². The third kappa shape index (κ3) is 3.76. The highest BCUT2D eigenvalue weighted by atomic mass is 32.1. The summed E-state index contributed by atoms with van der Waals surface area (Å²) in [4.78, 5) is 11.2. The lowest BCUT2D eigenvalue weighted by Crippen LogP contribution is -2.34. The topological polar surface area (TPSA) is 31.4 Å². The van der Waals surface area contributed by atoms with Crippen molar-refractivity contribution in [2.24, 2.45) is 5.92 Å². The molecule has 4 nitrogen and oxygen atoms in total. The van der Waals surface area contributed by atoms with Gasteiger partial charge in [0.1, 0.15) is 0 Å². The molecule has 21 heavy (non-hydrogen) atoms. The quantitative estimate of drug-likeness (QED) is 0.875. The molecule has 2 heterocycles. The molecule has 0 aromatic carbocycles.